The van der Waals surface area contributed by atoms with Gasteiger partial charge < -0.3 is 5.11 Å². The molecular formula is C63H52N6O. The highest BCUT2D eigenvalue weighted by Gasteiger charge is 2.23. The molecule has 0 aliphatic carbocycles. The number of para-hydroxylation sites is 2. The first-order valence-electron chi connectivity index (χ1n) is 23.8. The molecule has 11 rings (SSSR count). The van der Waals surface area contributed by atoms with Gasteiger partial charge in [-0.15, -0.1) is 0 Å². The van der Waals surface area contributed by atoms with Gasteiger partial charge in [-0.2, -0.15) is 9.97 Å². The molecule has 0 spiro atoms. The Kier molecular flexibility index (Phi) is 11.0. The molecule has 70 heavy (non-hydrogen) atoms. The second-order valence-corrected chi connectivity index (χ2v) is 20.0. The summed E-state index contributed by atoms with van der Waals surface area (Å²) in [6.07, 6.45) is 1.85. The second kappa shape index (κ2) is 17.5. The zero-order chi connectivity index (χ0) is 48.1. The molecule has 7 aromatic carbocycles. The van der Waals surface area contributed by atoms with Crippen LogP contribution in [0.25, 0.3) is 107 Å². The maximum absolute atomic E-state index is 11.2. The molecule has 11 aromatic rings. The van der Waals surface area contributed by atoms with Crippen LogP contribution in [0.1, 0.15) is 52.7 Å². The molecule has 7 heteroatoms. The van der Waals surface area contributed by atoms with Crippen molar-refractivity contribution in [2.75, 3.05) is 0 Å². The van der Waals surface area contributed by atoms with Gasteiger partial charge in [0.1, 0.15) is 5.75 Å². The average molecular weight is 909 g/mol. The van der Waals surface area contributed by atoms with E-state index in [1.807, 2.05) is 91.1 Å². The van der Waals surface area contributed by atoms with Gasteiger partial charge in [0.15, 0.2) is 11.6 Å². The molecule has 1 N–H and O–H groups in total. The predicted molar refractivity (Wildman–Crippen MR) is 287 cm³/mol. The summed E-state index contributed by atoms with van der Waals surface area (Å²) in [4.78, 5) is 25.7. The number of benzene rings is 7. The van der Waals surface area contributed by atoms with Crippen molar-refractivity contribution in [2.45, 2.75) is 52.4 Å². The zero-order valence-corrected chi connectivity index (χ0v) is 40.2. The number of aromatic nitrogens is 6. The molecule has 0 fully saturated rings. The molecule has 7 nitrogen and oxygen atoms in total. The normalized spacial score (nSPS) is 11.9. The van der Waals surface area contributed by atoms with Gasteiger partial charge in [0.25, 0.3) is 0 Å². The number of hydrogen-bond acceptors (Lipinski definition) is 6. The lowest BCUT2D eigenvalue weighted by atomic mass is 9.79. The van der Waals surface area contributed by atoms with Gasteiger partial charge >= 0.3 is 0 Å². The summed E-state index contributed by atoms with van der Waals surface area (Å²) < 4.78 is 2.16. The van der Waals surface area contributed by atoms with Crippen molar-refractivity contribution in [3.05, 3.63) is 211 Å². The summed E-state index contributed by atoms with van der Waals surface area (Å²) in [7, 11) is 0. The van der Waals surface area contributed by atoms with Crippen LogP contribution in [0.3, 0.4) is 0 Å². The standard InChI is InChI=1S/C63H52N6O/c1-62(2,3)47-34-45(35-48(39-47)63(4,5)6)46-36-53(65-54(37-46)52-26-14-16-29-57(52)70)43-23-17-24-44(33-43)58-49(27-18-32-64-58)42-30-31-51-50-25-13-15-28-55(50)69(56(51)38-42)61-67-59(40-19-9-7-10-20-40)66-60(68-61)41-21-11-8-12-22-41/h7-39,70H,1-6H3. The van der Waals surface area contributed by atoms with Gasteiger partial charge in [0.05, 0.1) is 28.1 Å². The van der Waals surface area contributed by atoms with Crippen LogP contribution in [-0.2, 0) is 10.8 Å². The van der Waals surface area contributed by atoms with E-state index in [1.54, 1.807) is 6.07 Å². The number of pyridine rings is 2. The van der Waals surface area contributed by atoms with Crippen LogP contribution >= 0.6 is 0 Å². The van der Waals surface area contributed by atoms with Crippen LogP contribution in [0.4, 0.5) is 0 Å². The largest absolute Gasteiger partial charge is 0.507 e. The van der Waals surface area contributed by atoms with Crippen molar-refractivity contribution in [2.24, 2.45) is 0 Å². The fourth-order valence-corrected chi connectivity index (χ4v) is 9.28. The number of hydrogen-bond donors (Lipinski definition) is 1. The Morgan fingerprint density at radius 2 is 0.957 bits per heavy atom. The third-order valence-corrected chi connectivity index (χ3v) is 13.1. The maximum Gasteiger partial charge on any atom is 0.238 e. The maximum atomic E-state index is 11.2. The smallest absolute Gasteiger partial charge is 0.238 e. The first-order chi connectivity index (χ1) is 33.9. The van der Waals surface area contributed by atoms with Crippen molar-refractivity contribution in [1.29, 1.82) is 0 Å². The second-order valence-electron chi connectivity index (χ2n) is 20.0. The first-order valence-corrected chi connectivity index (χ1v) is 23.8. The van der Waals surface area contributed by atoms with E-state index in [0.29, 0.717) is 28.9 Å². The van der Waals surface area contributed by atoms with E-state index in [0.717, 1.165) is 77.7 Å². The van der Waals surface area contributed by atoms with E-state index in [9.17, 15) is 5.11 Å². The molecule has 0 aliphatic rings. The van der Waals surface area contributed by atoms with Gasteiger partial charge in [0.2, 0.25) is 5.95 Å². The lowest BCUT2D eigenvalue weighted by Gasteiger charge is -2.26. The molecule has 0 aliphatic heterocycles. The van der Waals surface area contributed by atoms with Crippen molar-refractivity contribution in [3.63, 3.8) is 0 Å². The Morgan fingerprint density at radius 1 is 0.386 bits per heavy atom. The fourth-order valence-electron chi connectivity index (χ4n) is 9.28. The van der Waals surface area contributed by atoms with E-state index >= 15 is 0 Å². The highest BCUT2D eigenvalue weighted by molar-refractivity contribution is 6.10. The van der Waals surface area contributed by atoms with Crippen LogP contribution in [0.5, 0.6) is 5.75 Å². The Labute approximate surface area is 408 Å². The Morgan fingerprint density at radius 3 is 1.64 bits per heavy atom. The van der Waals surface area contributed by atoms with E-state index in [1.165, 1.54) is 11.1 Å². The van der Waals surface area contributed by atoms with Gasteiger partial charge in [-0.3, -0.25) is 9.55 Å². The molecule has 0 saturated carbocycles. The predicted octanol–water partition coefficient (Wildman–Crippen LogP) is 15.7. The minimum Gasteiger partial charge on any atom is -0.507 e. The minimum absolute atomic E-state index is 0.0627. The van der Waals surface area contributed by atoms with Crippen molar-refractivity contribution in [1.82, 2.24) is 29.5 Å². The fraction of sp³-hybridized carbons (Fsp3) is 0.127. The van der Waals surface area contributed by atoms with Crippen molar-refractivity contribution >= 4 is 21.8 Å². The third kappa shape index (κ3) is 8.41. The monoisotopic (exact) mass is 908 g/mol. The van der Waals surface area contributed by atoms with Crippen molar-refractivity contribution < 1.29 is 5.11 Å². The van der Waals surface area contributed by atoms with Crippen LogP contribution in [0.2, 0.25) is 0 Å². The number of phenols is 1. The third-order valence-electron chi connectivity index (χ3n) is 13.1. The molecule has 0 radical (unpaired) electrons. The molecule has 4 heterocycles. The molecule has 4 aromatic heterocycles. The number of nitrogens with zero attached hydrogens (tertiary/aromatic N) is 6. The van der Waals surface area contributed by atoms with Crippen LogP contribution in [0, 0.1) is 0 Å². The molecule has 0 atom stereocenters. The Balaban J connectivity index is 1.06. The van der Waals surface area contributed by atoms with Crippen LogP contribution < -0.4 is 0 Å². The van der Waals surface area contributed by atoms with Gasteiger partial charge in [-0.05, 0) is 87.2 Å². The molecule has 0 bridgehead atoms. The summed E-state index contributed by atoms with van der Waals surface area (Å²) in [5.41, 5.74) is 15.2. The number of aromatic hydroxyl groups is 1. The molecule has 340 valence electrons. The lowest BCUT2D eigenvalue weighted by Crippen LogP contribution is -2.16. The lowest BCUT2D eigenvalue weighted by molar-refractivity contribution is 0.477. The Bertz CT molecular complexity index is 3660. The molecular weight excluding hydrogens is 857 g/mol. The SMILES string of the molecule is CC(C)(C)c1cc(-c2cc(-c3cccc(-c4ncccc4-c4ccc5c6ccccc6n(-c6nc(-c7ccccc7)nc(-c7ccccc7)n6)c5c4)c3)nc(-c3ccccc3O)c2)cc(C(C)(C)C)c1. The highest BCUT2D eigenvalue weighted by atomic mass is 16.3. The number of phenolic OH excluding ortho intramolecular Hbond substituents is 1. The van der Waals surface area contributed by atoms with Gasteiger partial charge in [-0.1, -0.05) is 187 Å². The summed E-state index contributed by atoms with van der Waals surface area (Å²) in [6.45, 7) is 13.6. The minimum atomic E-state index is -0.0627. The zero-order valence-electron chi connectivity index (χ0n) is 40.2. The summed E-state index contributed by atoms with van der Waals surface area (Å²) in [6, 6.07) is 66.4. The van der Waals surface area contributed by atoms with E-state index in [2.05, 4.69) is 149 Å². The Hall–Kier alpha value is -8.55. The van der Waals surface area contributed by atoms with Crippen molar-refractivity contribution in [3.8, 4) is 90.5 Å². The van der Waals surface area contributed by atoms with Gasteiger partial charge in [0, 0.05) is 50.4 Å². The quantitative estimate of drug-likeness (QED) is 0.163. The highest BCUT2D eigenvalue weighted by Crippen LogP contribution is 2.41. The number of rotatable bonds is 8. The van der Waals surface area contributed by atoms with Gasteiger partial charge in [-0.25, -0.2) is 9.97 Å². The summed E-state index contributed by atoms with van der Waals surface area (Å²) in [5.74, 6) is 1.92. The summed E-state index contributed by atoms with van der Waals surface area (Å²) >= 11 is 0. The average Bonchev–Trinajstić information content (AvgIpc) is 3.72. The molecule has 0 saturated heterocycles. The number of fused-ring (bicyclic) bond motifs is 3. The van der Waals surface area contributed by atoms with E-state index in [4.69, 9.17) is 24.9 Å². The molecule has 0 unspecified atom stereocenters. The van der Waals surface area contributed by atoms with Crippen LogP contribution in [-0.4, -0.2) is 34.6 Å². The molecule has 0 amide bonds. The van der Waals surface area contributed by atoms with E-state index < -0.39 is 0 Å². The summed E-state index contributed by atoms with van der Waals surface area (Å²) in [5, 5.41) is 13.4. The van der Waals surface area contributed by atoms with Crippen LogP contribution in [0.15, 0.2) is 200 Å². The topological polar surface area (TPSA) is 89.6 Å². The first kappa shape index (κ1) is 44.0. The van der Waals surface area contributed by atoms with E-state index in [-0.39, 0.29) is 16.6 Å².